The lowest BCUT2D eigenvalue weighted by atomic mass is 10.3. The molecule has 3 rings (SSSR count). The first-order chi connectivity index (χ1) is 10.8. The van der Waals surface area contributed by atoms with Gasteiger partial charge in [-0.1, -0.05) is 18.2 Å². The highest BCUT2D eigenvalue weighted by Crippen LogP contribution is 2.17. The quantitative estimate of drug-likeness (QED) is 0.785. The van der Waals surface area contributed by atoms with E-state index in [1.54, 1.807) is 29.1 Å². The van der Waals surface area contributed by atoms with Gasteiger partial charge >= 0.3 is 0 Å². The van der Waals surface area contributed by atoms with Crippen LogP contribution < -0.4 is 10.1 Å². The summed E-state index contributed by atoms with van der Waals surface area (Å²) in [7, 11) is 1.52. The third-order valence-electron chi connectivity index (χ3n) is 3.13. The first kappa shape index (κ1) is 13.9. The van der Waals surface area contributed by atoms with Crippen molar-refractivity contribution in [2.24, 2.45) is 0 Å². The first-order valence-electron chi connectivity index (χ1n) is 6.78. The average Bonchev–Trinajstić information content (AvgIpc) is 3.22. The maximum Gasteiger partial charge on any atom is 0.270 e. The number of hydrogen-bond acceptors (Lipinski definition) is 4. The number of ether oxygens (including phenoxy) is 1. The molecule has 0 aliphatic heterocycles. The molecule has 0 saturated carbocycles. The third kappa shape index (κ3) is 2.85. The van der Waals surface area contributed by atoms with Crippen LogP contribution in [0.4, 0.5) is 0 Å². The molecule has 0 fully saturated rings. The predicted octanol–water partition coefficient (Wildman–Crippen LogP) is 2.40. The monoisotopic (exact) mass is 297 g/mol. The smallest absolute Gasteiger partial charge is 0.270 e. The van der Waals surface area contributed by atoms with Gasteiger partial charge in [0.25, 0.3) is 5.91 Å². The van der Waals surface area contributed by atoms with Crippen molar-refractivity contribution in [1.82, 2.24) is 15.1 Å². The molecule has 0 bridgehead atoms. The number of benzene rings is 1. The highest BCUT2D eigenvalue weighted by Gasteiger charge is 2.17. The molecule has 2 aromatic heterocycles. The molecule has 0 aliphatic carbocycles. The van der Waals surface area contributed by atoms with Crippen molar-refractivity contribution < 1.29 is 13.9 Å². The van der Waals surface area contributed by atoms with Crippen molar-refractivity contribution in [2.45, 2.75) is 6.54 Å². The third-order valence-corrected chi connectivity index (χ3v) is 3.13. The van der Waals surface area contributed by atoms with E-state index in [2.05, 4.69) is 10.4 Å². The van der Waals surface area contributed by atoms with E-state index in [0.717, 1.165) is 5.69 Å². The second kappa shape index (κ2) is 6.17. The Bertz CT molecular complexity index is 748. The summed E-state index contributed by atoms with van der Waals surface area (Å²) in [5.41, 5.74) is 1.18. The standard InChI is InChI=1S/C16H15N3O3/c1-21-15-10-14(16(20)17-11-13-8-5-9-22-13)19(18-15)12-6-3-2-4-7-12/h2-10H,11H2,1H3,(H,17,20). The molecule has 2 heterocycles. The van der Waals surface area contributed by atoms with Crippen LogP contribution in [0.25, 0.3) is 5.69 Å². The molecule has 0 unspecified atom stereocenters. The fourth-order valence-corrected chi connectivity index (χ4v) is 2.06. The van der Waals surface area contributed by atoms with E-state index in [4.69, 9.17) is 9.15 Å². The van der Waals surface area contributed by atoms with Crippen molar-refractivity contribution >= 4 is 5.91 Å². The number of amides is 1. The highest BCUT2D eigenvalue weighted by molar-refractivity contribution is 5.93. The van der Waals surface area contributed by atoms with Gasteiger partial charge in [-0.3, -0.25) is 4.79 Å². The van der Waals surface area contributed by atoms with Crippen LogP contribution in [0, 0.1) is 0 Å². The number of furan rings is 1. The van der Waals surface area contributed by atoms with Crippen molar-refractivity contribution in [3.05, 3.63) is 66.2 Å². The van der Waals surface area contributed by atoms with Crippen molar-refractivity contribution in [1.29, 1.82) is 0 Å². The van der Waals surface area contributed by atoms with E-state index in [0.29, 0.717) is 23.9 Å². The Morgan fingerprint density at radius 3 is 2.77 bits per heavy atom. The Labute approximate surface area is 127 Å². The molecule has 0 spiro atoms. The summed E-state index contributed by atoms with van der Waals surface area (Å²) in [5, 5.41) is 7.08. The Morgan fingerprint density at radius 1 is 1.27 bits per heavy atom. The van der Waals surface area contributed by atoms with Gasteiger partial charge in [-0.2, -0.15) is 0 Å². The van der Waals surface area contributed by atoms with Crippen LogP contribution in [0.2, 0.25) is 0 Å². The fraction of sp³-hybridized carbons (Fsp3) is 0.125. The number of nitrogens with one attached hydrogen (secondary N) is 1. The molecule has 0 aliphatic rings. The minimum absolute atomic E-state index is 0.254. The van der Waals surface area contributed by atoms with E-state index in [1.807, 2.05) is 30.3 Å². The van der Waals surface area contributed by atoms with Crippen LogP contribution >= 0.6 is 0 Å². The van der Waals surface area contributed by atoms with Crippen molar-refractivity contribution in [3.8, 4) is 11.6 Å². The number of carbonyl (C=O) groups is 1. The van der Waals surface area contributed by atoms with Crippen LogP contribution in [-0.2, 0) is 6.54 Å². The largest absolute Gasteiger partial charge is 0.480 e. The zero-order chi connectivity index (χ0) is 15.4. The minimum atomic E-state index is -0.254. The normalized spacial score (nSPS) is 10.4. The van der Waals surface area contributed by atoms with Crippen LogP contribution in [-0.4, -0.2) is 22.8 Å². The molecular formula is C16H15N3O3. The summed E-state index contributed by atoms with van der Waals surface area (Å²) in [6.45, 7) is 0.314. The number of nitrogens with zero attached hydrogens (tertiary/aromatic N) is 2. The van der Waals surface area contributed by atoms with Gasteiger partial charge < -0.3 is 14.5 Å². The summed E-state index contributed by atoms with van der Waals surface area (Å²) >= 11 is 0. The van der Waals surface area contributed by atoms with Gasteiger partial charge in [-0.05, 0) is 24.3 Å². The van der Waals surface area contributed by atoms with Gasteiger partial charge in [-0.25, -0.2) is 4.68 Å². The molecule has 1 aromatic carbocycles. The Morgan fingerprint density at radius 2 is 2.09 bits per heavy atom. The second-order valence-electron chi connectivity index (χ2n) is 4.58. The maximum absolute atomic E-state index is 12.4. The lowest BCUT2D eigenvalue weighted by Gasteiger charge is -2.07. The Balaban J connectivity index is 1.85. The summed E-state index contributed by atoms with van der Waals surface area (Å²) in [5.74, 6) is 0.814. The zero-order valence-corrected chi connectivity index (χ0v) is 12.0. The molecule has 6 nitrogen and oxygen atoms in total. The molecule has 0 atom stereocenters. The number of rotatable bonds is 5. The van der Waals surface area contributed by atoms with Crippen LogP contribution in [0.3, 0.4) is 0 Å². The van der Waals surface area contributed by atoms with Crippen LogP contribution in [0.15, 0.2) is 59.2 Å². The molecule has 0 radical (unpaired) electrons. The average molecular weight is 297 g/mol. The number of aromatic nitrogens is 2. The molecule has 22 heavy (non-hydrogen) atoms. The van der Waals surface area contributed by atoms with Crippen LogP contribution in [0.1, 0.15) is 16.2 Å². The molecule has 112 valence electrons. The lowest BCUT2D eigenvalue weighted by Crippen LogP contribution is -2.25. The van der Waals surface area contributed by atoms with Crippen LogP contribution in [0.5, 0.6) is 5.88 Å². The van der Waals surface area contributed by atoms with Gasteiger partial charge in [0, 0.05) is 6.07 Å². The van der Waals surface area contributed by atoms with E-state index in [-0.39, 0.29) is 5.91 Å². The lowest BCUT2D eigenvalue weighted by molar-refractivity contribution is 0.0940. The van der Waals surface area contributed by atoms with Gasteiger partial charge in [0.1, 0.15) is 11.5 Å². The molecule has 0 saturated heterocycles. The molecular weight excluding hydrogens is 282 g/mol. The fourth-order valence-electron chi connectivity index (χ4n) is 2.06. The first-order valence-corrected chi connectivity index (χ1v) is 6.78. The van der Waals surface area contributed by atoms with Gasteiger partial charge in [0.15, 0.2) is 0 Å². The zero-order valence-electron chi connectivity index (χ0n) is 12.0. The number of carbonyl (C=O) groups excluding carboxylic acids is 1. The number of hydrogen-bond donors (Lipinski definition) is 1. The summed E-state index contributed by atoms with van der Waals surface area (Å²) in [6.07, 6.45) is 1.57. The van der Waals surface area contributed by atoms with Gasteiger partial charge in [0.2, 0.25) is 5.88 Å². The van der Waals surface area contributed by atoms with E-state index >= 15 is 0 Å². The molecule has 3 aromatic rings. The Kier molecular flexibility index (Phi) is 3.91. The summed E-state index contributed by atoms with van der Waals surface area (Å²) in [4.78, 5) is 12.4. The van der Waals surface area contributed by atoms with Crippen molar-refractivity contribution in [3.63, 3.8) is 0 Å². The Hall–Kier alpha value is -3.02. The summed E-state index contributed by atoms with van der Waals surface area (Å²) in [6, 6.07) is 14.6. The van der Waals surface area contributed by atoms with E-state index in [1.165, 1.54) is 7.11 Å². The van der Waals surface area contributed by atoms with E-state index in [9.17, 15) is 4.79 Å². The maximum atomic E-state index is 12.4. The number of para-hydroxylation sites is 1. The molecule has 6 heteroatoms. The van der Waals surface area contributed by atoms with E-state index < -0.39 is 0 Å². The van der Waals surface area contributed by atoms with Crippen molar-refractivity contribution in [2.75, 3.05) is 7.11 Å². The predicted molar refractivity (Wildman–Crippen MR) is 80.0 cm³/mol. The van der Waals surface area contributed by atoms with Gasteiger partial charge in [-0.15, -0.1) is 5.10 Å². The molecule has 1 N–H and O–H groups in total. The molecule has 1 amide bonds. The van der Waals surface area contributed by atoms with Gasteiger partial charge in [0.05, 0.1) is 25.6 Å². The number of methoxy groups -OCH3 is 1. The minimum Gasteiger partial charge on any atom is -0.480 e. The summed E-state index contributed by atoms with van der Waals surface area (Å²) < 4.78 is 11.9. The SMILES string of the molecule is COc1cc(C(=O)NCc2ccco2)n(-c2ccccc2)n1. The second-order valence-corrected chi connectivity index (χ2v) is 4.58. The topological polar surface area (TPSA) is 69.3 Å². The highest BCUT2D eigenvalue weighted by atomic mass is 16.5.